The van der Waals surface area contributed by atoms with Crippen molar-refractivity contribution in [2.45, 2.75) is 33.6 Å². The maximum absolute atomic E-state index is 12.4. The van der Waals surface area contributed by atoms with E-state index in [0.29, 0.717) is 16.9 Å². The number of amides is 1. The van der Waals surface area contributed by atoms with E-state index in [1.54, 1.807) is 24.3 Å². The van der Waals surface area contributed by atoms with Crippen molar-refractivity contribution in [2.75, 3.05) is 23.3 Å². The van der Waals surface area contributed by atoms with Gasteiger partial charge in [-0.15, -0.1) is 0 Å². The van der Waals surface area contributed by atoms with Gasteiger partial charge in [0.15, 0.2) is 0 Å². The fourth-order valence-electron chi connectivity index (χ4n) is 2.85. The Bertz CT molecular complexity index is 787. The highest BCUT2D eigenvalue weighted by Crippen LogP contribution is 2.25. The minimum atomic E-state index is -0.999. The summed E-state index contributed by atoms with van der Waals surface area (Å²) in [5, 5.41) is 12.4. The molecule has 0 heterocycles. The van der Waals surface area contributed by atoms with Crippen molar-refractivity contribution in [3.8, 4) is 0 Å². The lowest BCUT2D eigenvalue weighted by Gasteiger charge is -2.25. The molecule has 0 aliphatic carbocycles. The zero-order valence-electron chi connectivity index (χ0n) is 15.6. The van der Waals surface area contributed by atoms with Gasteiger partial charge in [-0.1, -0.05) is 31.0 Å². The summed E-state index contributed by atoms with van der Waals surface area (Å²) in [6, 6.07) is 12.3. The van der Waals surface area contributed by atoms with Crippen LogP contribution in [-0.4, -0.2) is 30.1 Å². The molecule has 2 N–H and O–H groups in total. The summed E-state index contributed by atoms with van der Waals surface area (Å²) in [6.07, 6.45) is 2.04. The van der Waals surface area contributed by atoms with Crippen molar-refractivity contribution in [1.82, 2.24) is 0 Å². The number of aryl methyl sites for hydroxylation is 1. The standard InChI is InChI=1S/C21H26N2O3/c1-4-6-12-23(5-2)19-11-10-17(14-18(19)21(25)26)22-20(24)16-9-7-8-15(3)13-16/h7-11,13-14H,4-6,12H2,1-3H3,(H,22,24)(H,25,26). The number of hydrogen-bond acceptors (Lipinski definition) is 3. The molecule has 0 spiro atoms. The summed E-state index contributed by atoms with van der Waals surface area (Å²) < 4.78 is 0. The molecule has 5 heteroatoms. The number of nitrogens with one attached hydrogen (secondary N) is 1. The minimum Gasteiger partial charge on any atom is -0.478 e. The molecule has 0 unspecified atom stereocenters. The smallest absolute Gasteiger partial charge is 0.337 e. The summed E-state index contributed by atoms with van der Waals surface area (Å²) in [4.78, 5) is 26.2. The number of benzene rings is 2. The van der Waals surface area contributed by atoms with Gasteiger partial charge >= 0.3 is 5.97 Å². The van der Waals surface area contributed by atoms with E-state index in [1.807, 2.05) is 26.0 Å². The SMILES string of the molecule is CCCCN(CC)c1ccc(NC(=O)c2cccc(C)c2)cc1C(=O)O. The zero-order chi connectivity index (χ0) is 19.1. The first-order valence-electron chi connectivity index (χ1n) is 8.96. The Kier molecular flexibility index (Phi) is 6.78. The molecule has 1 amide bonds. The molecule has 26 heavy (non-hydrogen) atoms. The first-order chi connectivity index (χ1) is 12.5. The lowest BCUT2D eigenvalue weighted by Crippen LogP contribution is -2.26. The second-order valence-corrected chi connectivity index (χ2v) is 6.29. The molecule has 0 aromatic heterocycles. The van der Waals surface area contributed by atoms with E-state index in [1.165, 1.54) is 6.07 Å². The van der Waals surface area contributed by atoms with Crippen LogP contribution in [0, 0.1) is 6.92 Å². The first kappa shape index (κ1) is 19.5. The molecule has 0 saturated heterocycles. The van der Waals surface area contributed by atoms with Crippen molar-refractivity contribution in [3.05, 3.63) is 59.2 Å². The van der Waals surface area contributed by atoms with Crippen LogP contribution in [-0.2, 0) is 0 Å². The van der Waals surface area contributed by atoms with Gasteiger partial charge in [-0.2, -0.15) is 0 Å². The summed E-state index contributed by atoms with van der Waals surface area (Å²) in [5.74, 6) is -1.25. The van der Waals surface area contributed by atoms with E-state index in [4.69, 9.17) is 0 Å². The minimum absolute atomic E-state index is 0.199. The third-order valence-electron chi connectivity index (χ3n) is 4.27. The van der Waals surface area contributed by atoms with E-state index in [0.717, 1.165) is 31.5 Å². The van der Waals surface area contributed by atoms with Gasteiger partial charge in [0, 0.05) is 24.3 Å². The number of aromatic carboxylic acids is 1. The lowest BCUT2D eigenvalue weighted by atomic mass is 10.1. The number of anilines is 2. The summed E-state index contributed by atoms with van der Waals surface area (Å²) >= 11 is 0. The number of carboxylic acids is 1. The van der Waals surface area contributed by atoms with Gasteiger partial charge in [-0.3, -0.25) is 4.79 Å². The van der Waals surface area contributed by atoms with Crippen LogP contribution in [0.4, 0.5) is 11.4 Å². The second kappa shape index (κ2) is 9.04. The highest BCUT2D eigenvalue weighted by atomic mass is 16.4. The van der Waals surface area contributed by atoms with E-state index in [-0.39, 0.29) is 11.5 Å². The van der Waals surface area contributed by atoms with Crippen LogP contribution in [0.2, 0.25) is 0 Å². The third-order valence-corrected chi connectivity index (χ3v) is 4.27. The molecule has 5 nitrogen and oxygen atoms in total. The van der Waals surface area contributed by atoms with Crippen LogP contribution in [0.3, 0.4) is 0 Å². The van der Waals surface area contributed by atoms with Gasteiger partial charge < -0.3 is 15.3 Å². The Hall–Kier alpha value is -2.82. The third kappa shape index (κ3) is 4.85. The molecule has 0 saturated carbocycles. The molecule has 0 radical (unpaired) electrons. The molecule has 2 aromatic rings. The van der Waals surface area contributed by atoms with Gasteiger partial charge in [0.1, 0.15) is 0 Å². The molecule has 0 aliphatic heterocycles. The molecular formula is C21H26N2O3. The van der Waals surface area contributed by atoms with Crippen molar-refractivity contribution >= 4 is 23.3 Å². The van der Waals surface area contributed by atoms with Crippen LogP contribution in [0.1, 0.15) is 53.0 Å². The Morgan fingerprint density at radius 2 is 1.88 bits per heavy atom. The van der Waals surface area contributed by atoms with Crippen molar-refractivity contribution in [3.63, 3.8) is 0 Å². The maximum atomic E-state index is 12.4. The van der Waals surface area contributed by atoms with Crippen LogP contribution in [0.25, 0.3) is 0 Å². The molecule has 2 aromatic carbocycles. The number of nitrogens with zero attached hydrogens (tertiary/aromatic N) is 1. The largest absolute Gasteiger partial charge is 0.478 e. The molecule has 0 aliphatic rings. The van der Waals surface area contributed by atoms with Crippen molar-refractivity contribution < 1.29 is 14.7 Å². The lowest BCUT2D eigenvalue weighted by molar-refractivity contribution is 0.0697. The van der Waals surface area contributed by atoms with E-state index >= 15 is 0 Å². The molecule has 0 fully saturated rings. The van der Waals surface area contributed by atoms with Gasteiger partial charge in [-0.25, -0.2) is 4.79 Å². The van der Waals surface area contributed by atoms with Crippen LogP contribution >= 0.6 is 0 Å². The number of hydrogen-bond donors (Lipinski definition) is 2. The van der Waals surface area contributed by atoms with E-state index < -0.39 is 5.97 Å². The monoisotopic (exact) mass is 354 g/mol. The average molecular weight is 354 g/mol. The van der Waals surface area contributed by atoms with E-state index in [9.17, 15) is 14.7 Å². The van der Waals surface area contributed by atoms with E-state index in [2.05, 4.69) is 17.1 Å². The molecule has 0 bridgehead atoms. The van der Waals surface area contributed by atoms with Gasteiger partial charge in [0.25, 0.3) is 5.91 Å². The summed E-state index contributed by atoms with van der Waals surface area (Å²) in [5.41, 5.74) is 2.90. The van der Waals surface area contributed by atoms with Gasteiger partial charge in [0.05, 0.1) is 11.3 Å². The Balaban J connectivity index is 2.27. The van der Waals surface area contributed by atoms with Crippen molar-refractivity contribution in [2.24, 2.45) is 0 Å². The highest BCUT2D eigenvalue weighted by Gasteiger charge is 2.17. The fourth-order valence-corrected chi connectivity index (χ4v) is 2.85. The van der Waals surface area contributed by atoms with Gasteiger partial charge in [0.2, 0.25) is 0 Å². The Morgan fingerprint density at radius 3 is 2.50 bits per heavy atom. The normalized spacial score (nSPS) is 10.4. The summed E-state index contributed by atoms with van der Waals surface area (Å²) in [6.45, 7) is 7.58. The quantitative estimate of drug-likeness (QED) is 0.728. The molecule has 2 rings (SSSR count). The van der Waals surface area contributed by atoms with Crippen LogP contribution in [0.5, 0.6) is 0 Å². The Morgan fingerprint density at radius 1 is 1.12 bits per heavy atom. The highest BCUT2D eigenvalue weighted by molar-refractivity contribution is 6.05. The molecule has 0 atom stereocenters. The second-order valence-electron chi connectivity index (χ2n) is 6.29. The Labute approximate surface area is 154 Å². The number of unbranched alkanes of at least 4 members (excludes halogenated alkanes) is 1. The number of carbonyl (C=O) groups excluding carboxylic acids is 1. The predicted molar refractivity (Wildman–Crippen MR) is 105 cm³/mol. The van der Waals surface area contributed by atoms with Crippen LogP contribution in [0.15, 0.2) is 42.5 Å². The van der Waals surface area contributed by atoms with Gasteiger partial charge in [-0.05, 0) is 50.6 Å². The number of carboxylic acid groups (broad SMARTS) is 1. The average Bonchev–Trinajstić information content (AvgIpc) is 2.63. The summed E-state index contributed by atoms with van der Waals surface area (Å²) in [7, 11) is 0. The maximum Gasteiger partial charge on any atom is 0.337 e. The zero-order valence-corrected chi connectivity index (χ0v) is 15.6. The van der Waals surface area contributed by atoms with Crippen molar-refractivity contribution in [1.29, 1.82) is 0 Å². The predicted octanol–water partition coefficient (Wildman–Crippen LogP) is 4.57. The molecule has 138 valence electrons. The van der Waals surface area contributed by atoms with Crippen LogP contribution < -0.4 is 10.2 Å². The first-order valence-corrected chi connectivity index (χ1v) is 8.96. The number of carbonyl (C=O) groups is 2. The fraction of sp³-hybridized carbons (Fsp3) is 0.333. The topological polar surface area (TPSA) is 69.6 Å². The number of rotatable bonds is 8. The molecular weight excluding hydrogens is 328 g/mol.